The highest BCUT2D eigenvalue weighted by molar-refractivity contribution is 5.24. The van der Waals surface area contributed by atoms with Gasteiger partial charge in [0.25, 0.3) is 0 Å². The number of rotatable bonds is 2. The zero-order valence-corrected chi connectivity index (χ0v) is 9.40. The first-order chi connectivity index (χ1) is 7.79. The minimum Gasteiger partial charge on any atom is -0.324 e. The molecule has 0 bridgehead atoms. The van der Waals surface area contributed by atoms with Crippen LogP contribution in [-0.2, 0) is 0 Å². The lowest BCUT2D eigenvalue weighted by Crippen LogP contribution is -2.15. The molecule has 1 aromatic rings. The van der Waals surface area contributed by atoms with Crippen LogP contribution in [0.3, 0.4) is 0 Å². The highest BCUT2D eigenvalue weighted by atomic mass is 19.1. The molecule has 0 aliphatic heterocycles. The van der Waals surface area contributed by atoms with Crippen LogP contribution in [0.4, 0.5) is 4.39 Å². The second kappa shape index (κ2) is 3.85. The van der Waals surface area contributed by atoms with E-state index in [-0.39, 0.29) is 11.9 Å². The molecule has 1 nitrogen and oxygen atoms in total. The van der Waals surface area contributed by atoms with Crippen LogP contribution in [0.5, 0.6) is 0 Å². The number of hydrogen-bond donors (Lipinski definition) is 1. The Morgan fingerprint density at radius 2 is 1.75 bits per heavy atom. The van der Waals surface area contributed by atoms with Crippen LogP contribution in [-0.4, -0.2) is 0 Å². The lowest BCUT2D eigenvalue weighted by atomic mass is 10.0. The minimum absolute atomic E-state index is 0.0886. The summed E-state index contributed by atoms with van der Waals surface area (Å²) in [4.78, 5) is 0. The van der Waals surface area contributed by atoms with Crippen molar-refractivity contribution in [2.24, 2.45) is 23.5 Å². The second-order valence-electron chi connectivity index (χ2n) is 5.24. The van der Waals surface area contributed by atoms with Crippen molar-refractivity contribution >= 4 is 0 Å². The highest BCUT2D eigenvalue weighted by Crippen LogP contribution is 2.59. The van der Waals surface area contributed by atoms with Crippen molar-refractivity contribution in [3.8, 4) is 0 Å². The Kier molecular flexibility index (Phi) is 2.47. The molecule has 16 heavy (non-hydrogen) atoms. The lowest BCUT2D eigenvalue weighted by Gasteiger charge is -2.12. The van der Waals surface area contributed by atoms with Gasteiger partial charge in [-0.15, -0.1) is 0 Å². The Labute approximate surface area is 95.8 Å². The van der Waals surface area contributed by atoms with Gasteiger partial charge in [-0.25, -0.2) is 4.39 Å². The van der Waals surface area contributed by atoms with E-state index in [4.69, 9.17) is 5.73 Å². The van der Waals surface area contributed by atoms with Gasteiger partial charge in [0.1, 0.15) is 5.82 Å². The summed E-state index contributed by atoms with van der Waals surface area (Å²) in [5, 5.41) is 0. The molecule has 3 rings (SSSR count). The van der Waals surface area contributed by atoms with Gasteiger partial charge in [-0.05, 0) is 36.7 Å². The molecule has 2 fully saturated rings. The summed E-state index contributed by atoms with van der Waals surface area (Å²) in [5.74, 6) is 1.96. The fourth-order valence-corrected chi connectivity index (χ4v) is 3.53. The van der Waals surface area contributed by atoms with Gasteiger partial charge in [-0.1, -0.05) is 31.0 Å². The molecule has 2 saturated carbocycles. The Hall–Kier alpha value is -0.890. The third-order valence-corrected chi connectivity index (χ3v) is 4.40. The zero-order valence-electron chi connectivity index (χ0n) is 9.40. The van der Waals surface area contributed by atoms with Crippen LogP contribution in [0.1, 0.15) is 37.3 Å². The van der Waals surface area contributed by atoms with Crippen LogP contribution in [0.2, 0.25) is 0 Å². The molecule has 0 radical (unpaired) electrons. The Bertz CT molecular complexity index is 378. The summed E-state index contributed by atoms with van der Waals surface area (Å²) in [6.07, 6.45) is 5.28. The van der Waals surface area contributed by atoms with E-state index in [2.05, 4.69) is 0 Å². The molecular weight excluding hydrogens is 201 g/mol. The quantitative estimate of drug-likeness (QED) is 0.811. The van der Waals surface area contributed by atoms with Crippen molar-refractivity contribution < 1.29 is 4.39 Å². The van der Waals surface area contributed by atoms with E-state index in [1.54, 1.807) is 6.07 Å². The zero-order chi connectivity index (χ0) is 11.1. The predicted molar refractivity (Wildman–Crippen MR) is 62.3 cm³/mol. The molecule has 3 unspecified atom stereocenters. The van der Waals surface area contributed by atoms with Gasteiger partial charge in [0.15, 0.2) is 0 Å². The molecule has 2 aliphatic rings. The monoisotopic (exact) mass is 219 g/mol. The van der Waals surface area contributed by atoms with Gasteiger partial charge in [0, 0.05) is 11.6 Å². The van der Waals surface area contributed by atoms with E-state index in [0.29, 0.717) is 11.5 Å². The average Bonchev–Trinajstić information content (AvgIpc) is 3.03. The number of benzene rings is 1. The molecule has 0 spiro atoms. The molecule has 86 valence electrons. The molecule has 2 N–H and O–H groups in total. The summed E-state index contributed by atoms with van der Waals surface area (Å²) in [6.45, 7) is 0. The first-order valence-electron chi connectivity index (χ1n) is 6.29. The van der Waals surface area contributed by atoms with Crippen molar-refractivity contribution in [3.05, 3.63) is 35.6 Å². The molecule has 2 aliphatic carbocycles. The van der Waals surface area contributed by atoms with E-state index in [0.717, 1.165) is 11.8 Å². The average molecular weight is 219 g/mol. The summed E-state index contributed by atoms with van der Waals surface area (Å²) in [7, 11) is 0. The van der Waals surface area contributed by atoms with Gasteiger partial charge < -0.3 is 5.73 Å². The summed E-state index contributed by atoms with van der Waals surface area (Å²) >= 11 is 0. The summed E-state index contributed by atoms with van der Waals surface area (Å²) < 4.78 is 13.6. The van der Waals surface area contributed by atoms with Crippen LogP contribution in [0, 0.1) is 23.6 Å². The van der Waals surface area contributed by atoms with E-state index in [9.17, 15) is 4.39 Å². The van der Waals surface area contributed by atoms with Crippen molar-refractivity contribution in [1.29, 1.82) is 0 Å². The summed E-state index contributed by atoms with van der Waals surface area (Å²) in [6, 6.07) is 6.87. The van der Waals surface area contributed by atoms with Crippen LogP contribution >= 0.6 is 0 Å². The number of nitrogens with two attached hydrogens (primary N) is 1. The second-order valence-corrected chi connectivity index (χ2v) is 5.24. The fourth-order valence-electron chi connectivity index (χ4n) is 3.53. The number of fused-ring (bicyclic) bond motifs is 1. The molecule has 0 aromatic heterocycles. The number of hydrogen-bond acceptors (Lipinski definition) is 1. The van der Waals surface area contributed by atoms with Gasteiger partial charge in [0.2, 0.25) is 0 Å². The largest absolute Gasteiger partial charge is 0.324 e. The van der Waals surface area contributed by atoms with E-state index < -0.39 is 0 Å². The van der Waals surface area contributed by atoms with Crippen molar-refractivity contribution in [3.63, 3.8) is 0 Å². The third-order valence-electron chi connectivity index (χ3n) is 4.40. The van der Waals surface area contributed by atoms with Crippen LogP contribution < -0.4 is 5.73 Å². The van der Waals surface area contributed by atoms with Gasteiger partial charge in [-0.2, -0.15) is 0 Å². The third kappa shape index (κ3) is 1.56. The topological polar surface area (TPSA) is 26.0 Å². The molecule has 0 saturated heterocycles. The van der Waals surface area contributed by atoms with Crippen molar-refractivity contribution in [2.75, 3.05) is 0 Å². The molecule has 2 heteroatoms. The molecule has 1 aromatic carbocycles. The Morgan fingerprint density at radius 3 is 2.38 bits per heavy atom. The van der Waals surface area contributed by atoms with Crippen molar-refractivity contribution in [2.45, 2.75) is 31.7 Å². The standard InChI is InChI=1S/C14H18FN/c15-12-8-4-3-7-11(12)14(16)13-9-5-1-2-6-10(9)13/h3-4,7-10,13-14H,1-2,5-6,16H2. The highest BCUT2D eigenvalue weighted by Gasteiger charge is 2.53. The van der Waals surface area contributed by atoms with Gasteiger partial charge in [0.05, 0.1) is 0 Å². The van der Waals surface area contributed by atoms with E-state index >= 15 is 0 Å². The molecule has 3 atom stereocenters. The van der Waals surface area contributed by atoms with Crippen LogP contribution in [0.15, 0.2) is 24.3 Å². The predicted octanol–water partition coefficient (Wildman–Crippen LogP) is 3.26. The molecule has 0 amide bonds. The Balaban J connectivity index is 1.79. The molecular formula is C14H18FN. The normalized spacial score (nSPS) is 34.2. The minimum atomic E-state index is -0.140. The molecule has 0 heterocycles. The fraction of sp³-hybridized carbons (Fsp3) is 0.571. The first kappa shape index (κ1) is 10.3. The lowest BCUT2D eigenvalue weighted by molar-refractivity contribution is 0.480. The number of halogens is 1. The van der Waals surface area contributed by atoms with Gasteiger partial charge in [-0.3, -0.25) is 0 Å². The van der Waals surface area contributed by atoms with Crippen molar-refractivity contribution in [1.82, 2.24) is 0 Å². The van der Waals surface area contributed by atoms with Gasteiger partial charge >= 0.3 is 0 Å². The van der Waals surface area contributed by atoms with E-state index in [1.807, 2.05) is 12.1 Å². The van der Waals surface area contributed by atoms with E-state index in [1.165, 1.54) is 31.7 Å². The SMILES string of the molecule is NC(c1ccccc1F)C1C2CCCCC21. The first-order valence-corrected chi connectivity index (χ1v) is 6.29. The van der Waals surface area contributed by atoms with Crippen LogP contribution in [0.25, 0.3) is 0 Å². The Morgan fingerprint density at radius 1 is 1.12 bits per heavy atom. The maximum Gasteiger partial charge on any atom is 0.127 e. The maximum atomic E-state index is 13.6. The maximum absolute atomic E-state index is 13.6. The summed E-state index contributed by atoms with van der Waals surface area (Å²) in [5.41, 5.74) is 6.93. The smallest absolute Gasteiger partial charge is 0.127 e.